The van der Waals surface area contributed by atoms with E-state index < -0.39 is 25.2 Å². The molecule has 0 saturated carbocycles. The van der Waals surface area contributed by atoms with E-state index in [2.05, 4.69) is 20.8 Å². The molecule has 0 bridgehead atoms. The first-order valence-electron chi connectivity index (χ1n) is 27.6. The summed E-state index contributed by atoms with van der Waals surface area (Å²) in [5, 5.41) is 0. The largest absolute Gasteiger partial charge is 0.870 e. The van der Waals surface area contributed by atoms with Gasteiger partial charge in [0.2, 0.25) is 0 Å². The van der Waals surface area contributed by atoms with Crippen molar-refractivity contribution in [2.75, 3.05) is 0 Å². The zero-order valence-electron chi connectivity index (χ0n) is 41.5. The molecule has 0 heterocycles. The van der Waals surface area contributed by atoms with E-state index in [0.29, 0.717) is 0 Å². The molecule has 6 nitrogen and oxygen atoms in total. The van der Waals surface area contributed by atoms with Crippen molar-refractivity contribution in [1.29, 1.82) is 0 Å². The summed E-state index contributed by atoms with van der Waals surface area (Å²) >= 11 is 0. The molecule has 0 aliphatic heterocycles. The topological polar surface area (TPSA) is 78.9 Å². The third kappa shape index (κ3) is 49.3. The number of rotatable bonds is 51. The van der Waals surface area contributed by atoms with Crippen LogP contribution in [0.15, 0.2) is 0 Å². The molecule has 0 rings (SSSR count). The summed E-state index contributed by atoms with van der Waals surface area (Å²) in [5.41, 5.74) is 0. The van der Waals surface area contributed by atoms with Crippen LogP contribution in [-0.2, 0) is 28.3 Å². The van der Waals surface area contributed by atoms with Gasteiger partial charge < -0.3 is 14.0 Å². The van der Waals surface area contributed by atoms with Crippen LogP contribution in [0, 0.1) is 0 Å². The molecule has 0 aromatic heterocycles. The fourth-order valence-corrected chi connectivity index (χ4v) is 8.49. The maximum atomic E-state index is 12.8. The Morgan fingerprint density at radius 3 is 0.508 bits per heavy atom. The van der Waals surface area contributed by atoms with E-state index in [1.807, 2.05) is 0 Å². The molecule has 0 aromatic carbocycles. The quantitative estimate of drug-likeness (QED) is 0.0448. The summed E-state index contributed by atoms with van der Waals surface area (Å²) < 4.78 is 16.3. The highest BCUT2D eigenvalue weighted by Gasteiger charge is 2.36. The lowest BCUT2D eigenvalue weighted by molar-refractivity contribution is -0.148. The van der Waals surface area contributed by atoms with Gasteiger partial charge in [0.25, 0.3) is 17.9 Å². The van der Waals surface area contributed by atoms with Gasteiger partial charge in [0.15, 0.2) is 0 Å². The summed E-state index contributed by atoms with van der Waals surface area (Å²) in [6.45, 7) is 6.82. The van der Waals surface area contributed by atoms with Crippen LogP contribution in [0.1, 0.15) is 329 Å². The van der Waals surface area contributed by atoms with Gasteiger partial charge in [-0.1, -0.05) is 290 Å². The maximum absolute atomic E-state index is 12.8. The molecule has 0 radical (unpaired) electrons. The number of hydrogen-bond acceptors (Lipinski definition) is 6. The Labute approximate surface area is 381 Å². The van der Waals surface area contributed by atoms with Crippen LogP contribution in [0.3, 0.4) is 0 Å². The molecule has 0 atom stereocenters. The number of unbranched alkanes of at least 4 members (excludes halogenated alkanes) is 42. The predicted octanol–water partition coefficient (Wildman–Crippen LogP) is 18.4. The van der Waals surface area contributed by atoms with Crippen LogP contribution in [-0.4, -0.2) is 25.2 Å². The zero-order valence-corrected chi connectivity index (χ0v) is 41.5. The lowest BCUT2D eigenvalue weighted by Crippen LogP contribution is -2.34. The van der Waals surface area contributed by atoms with Gasteiger partial charge in [-0.15, -0.1) is 0 Å². The smallest absolute Gasteiger partial charge is 0.462 e. The molecule has 0 spiro atoms. The average Bonchev–Trinajstić information content (AvgIpc) is 3.25. The van der Waals surface area contributed by atoms with E-state index >= 15 is 0 Å². The zero-order chi connectivity index (χ0) is 44.4. The van der Waals surface area contributed by atoms with Crippen molar-refractivity contribution < 1.29 is 28.3 Å². The van der Waals surface area contributed by atoms with Gasteiger partial charge in [-0.2, -0.15) is 0 Å². The maximum Gasteiger partial charge on any atom is 0.870 e. The molecule has 7 heteroatoms. The molecule has 360 valence electrons. The van der Waals surface area contributed by atoms with Crippen molar-refractivity contribution in [2.24, 2.45) is 0 Å². The average molecular weight is 861 g/mol. The minimum Gasteiger partial charge on any atom is -0.462 e. The highest BCUT2D eigenvalue weighted by Crippen LogP contribution is 2.18. The molecule has 61 heavy (non-hydrogen) atoms. The standard InChI is InChI=1S/C54H105BO6/c1-4-7-10-13-16-19-22-25-28-31-34-37-40-43-46-49-52(56)59-55(60-53(57)50-47-44-41-38-35-32-29-26-23-20-17-14-11-8-5-2)61-54(58)51-48-45-42-39-36-33-30-27-24-21-18-15-12-9-6-3/h4-51H2,1-3H3. The van der Waals surface area contributed by atoms with Crippen molar-refractivity contribution >= 4 is 25.2 Å². The Morgan fingerprint density at radius 1 is 0.230 bits per heavy atom. The van der Waals surface area contributed by atoms with Crippen molar-refractivity contribution in [2.45, 2.75) is 329 Å². The molecule has 0 fully saturated rings. The Kier molecular flexibility index (Phi) is 49.8. The second-order valence-electron chi connectivity index (χ2n) is 18.9. The van der Waals surface area contributed by atoms with E-state index in [9.17, 15) is 14.4 Å². The van der Waals surface area contributed by atoms with Crippen molar-refractivity contribution in [3.05, 3.63) is 0 Å². The highest BCUT2D eigenvalue weighted by atomic mass is 16.8. The summed E-state index contributed by atoms with van der Waals surface area (Å²) in [7, 11) is -1.59. The van der Waals surface area contributed by atoms with Crippen molar-refractivity contribution in [3.8, 4) is 0 Å². The monoisotopic (exact) mass is 861 g/mol. The first-order chi connectivity index (χ1) is 30.0. The Hall–Kier alpha value is -1.53. The van der Waals surface area contributed by atoms with Crippen LogP contribution >= 0.6 is 0 Å². The Balaban J connectivity index is 4.31. The van der Waals surface area contributed by atoms with Crippen LogP contribution in [0.4, 0.5) is 0 Å². The van der Waals surface area contributed by atoms with E-state index in [0.717, 1.165) is 57.8 Å². The van der Waals surface area contributed by atoms with Crippen molar-refractivity contribution in [1.82, 2.24) is 0 Å². The van der Waals surface area contributed by atoms with Crippen LogP contribution < -0.4 is 0 Å². The fraction of sp³-hybridized carbons (Fsp3) is 0.944. The lowest BCUT2D eigenvalue weighted by atomic mass is 10.0. The summed E-state index contributed by atoms with van der Waals surface area (Å²) in [5.74, 6) is -1.42. The Bertz CT molecular complexity index is 798. The number of carbonyl (C=O) groups excluding carboxylic acids is 3. The lowest BCUT2D eigenvalue weighted by Gasteiger charge is -2.14. The second-order valence-corrected chi connectivity index (χ2v) is 18.9. The second kappa shape index (κ2) is 51.1. The fourth-order valence-electron chi connectivity index (χ4n) is 8.49. The third-order valence-corrected chi connectivity index (χ3v) is 12.6. The molecular formula is C54H105BO6. The summed E-state index contributed by atoms with van der Waals surface area (Å²) in [6.07, 6.45) is 57.4. The van der Waals surface area contributed by atoms with Gasteiger partial charge in [0.1, 0.15) is 0 Å². The molecule has 0 N–H and O–H groups in total. The predicted molar refractivity (Wildman–Crippen MR) is 263 cm³/mol. The highest BCUT2D eigenvalue weighted by molar-refractivity contribution is 6.44. The van der Waals surface area contributed by atoms with Gasteiger partial charge in [-0.05, 0) is 19.3 Å². The van der Waals surface area contributed by atoms with E-state index in [4.69, 9.17) is 14.0 Å². The molecule has 0 saturated heterocycles. The summed E-state index contributed by atoms with van der Waals surface area (Å²) in [4.78, 5) is 38.3. The van der Waals surface area contributed by atoms with Crippen LogP contribution in [0.2, 0.25) is 0 Å². The van der Waals surface area contributed by atoms with Gasteiger partial charge in [-0.3, -0.25) is 14.4 Å². The van der Waals surface area contributed by atoms with Crippen LogP contribution in [0.25, 0.3) is 0 Å². The van der Waals surface area contributed by atoms with Crippen molar-refractivity contribution in [3.63, 3.8) is 0 Å². The first-order valence-corrected chi connectivity index (χ1v) is 27.6. The molecule has 0 amide bonds. The minimum atomic E-state index is -1.59. The number of carbonyl (C=O) groups is 3. The first kappa shape index (κ1) is 59.5. The van der Waals surface area contributed by atoms with Gasteiger partial charge in [-0.25, -0.2) is 0 Å². The summed E-state index contributed by atoms with van der Waals surface area (Å²) in [6, 6.07) is 0. The van der Waals surface area contributed by atoms with E-state index in [1.165, 1.54) is 231 Å². The molecule has 0 unspecified atom stereocenters. The van der Waals surface area contributed by atoms with Gasteiger partial charge >= 0.3 is 7.32 Å². The minimum absolute atomic E-state index is 0.238. The molecule has 0 aliphatic rings. The van der Waals surface area contributed by atoms with Gasteiger partial charge in [0.05, 0.1) is 0 Å². The molecule has 0 aliphatic carbocycles. The number of hydrogen-bond donors (Lipinski definition) is 0. The van der Waals surface area contributed by atoms with Crippen LogP contribution in [0.5, 0.6) is 0 Å². The molecular weight excluding hydrogens is 755 g/mol. The van der Waals surface area contributed by atoms with E-state index in [1.54, 1.807) is 0 Å². The SMILES string of the molecule is CCCCCCCCCCCCCCCCCC(=O)OB(OC(=O)CCCCCCCCCCCCCCCCC)OC(=O)CCCCCCCCCCCCCCCCC. The Morgan fingerprint density at radius 2 is 0.361 bits per heavy atom. The van der Waals surface area contributed by atoms with E-state index in [-0.39, 0.29) is 19.3 Å². The normalized spacial score (nSPS) is 11.3. The third-order valence-electron chi connectivity index (χ3n) is 12.6. The van der Waals surface area contributed by atoms with Gasteiger partial charge in [0, 0.05) is 19.3 Å². The molecule has 0 aromatic rings.